The average Bonchev–Trinajstić information content (AvgIpc) is 3.79. The van der Waals surface area contributed by atoms with E-state index in [0.29, 0.717) is 0 Å². The van der Waals surface area contributed by atoms with Crippen molar-refractivity contribution in [3.05, 3.63) is 59.8 Å². The third-order valence-electron chi connectivity index (χ3n) is 12.4. The number of benzene rings is 1. The number of aryl methyl sites for hydroxylation is 1. The van der Waals surface area contributed by atoms with E-state index in [0.717, 1.165) is 33.5 Å². The Labute approximate surface area is 421 Å². The van der Waals surface area contributed by atoms with E-state index < -0.39 is 119 Å². The Morgan fingerprint density at radius 3 is 1.85 bits per heavy atom. The van der Waals surface area contributed by atoms with Gasteiger partial charge in [0, 0.05) is 87.3 Å². The monoisotopic (exact) mass is 1010 g/mol. The Morgan fingerprint density at radius 2 is 1.32 bits per heavy atom. The molecule has 396 valence electrons. The molecule has 72 heavy (non-hydrogen) atoms. The van der Waals surface area contributed by atoms with Crippen LogP contribution in [0.5, 0.6) is 0 Å². The lowest BCUT2D eigenvalue weighted by Crippen LogP contribution is -2.63. The summed E-state index contributed by atoms with van der Waals surface area (Å²) in [6.45, 7) is 19.1. The summed E-state index contributed by atoms with van der Waals surface area (Å²) in [5.41, 5.74) is -1.10. The molecule has 0 radical (unpaired) electrons. The summed E-state index contributed by atoms with van der Waals surface area (Å²) in [5.74, 6) is -7.69. The van der Waals surface area contributed by atoms with Crippen molar-refractivity contribution < 1.29 is 62.9 Å². The van der Waals surface area contributed by atoms with Gasteiger partial charge in [-0.15, -0.1) is 0 Å². The van der Waals surface area contributed by atoms with Gasteiger partial charge in [0.05, 0.1) is 6.04 Å². The number of fused-ring (bicyclic) bond motifs is 1. The highest BCUT2D eigenvalue weighted by molar-refractivity contribution is 6.13. The van der Waals surface area contributed by atoms with Crippen LogP contribution in [0, 0.1) is 11.3 Å². The summed E-state index contributed by atoms with van der Waals surface area (Å²) in [4.78, 5) is 133. The third-order valence-corrected chi connectivity index (χ3v) is 12.4. The molecule has 5 atom stereocenters. The molecule has 2 heterocycles. The zero-order valence-corrected chi connectivity index (χ0v) is 44.0. The molecule has 1 aromatic carbocycles. The second-order valence-corrected chi connectivity index (χ2v) is 21.1. The number of hydrogen-bond donors (Lipinski definition) is 6. The van der Waals surface area contributed by atoms with E-state index in [-0.39, 0.29) is 37.4 Å². The molecule has 0 spiro atoms. The number of amides is 8. The predicted molar refractivity (Wildman–Crippen MR) is 267 cm³/mol. The zero-order chi connectivity index (χ0) is 54.8. The van der Waals surface area contributed by atoms with Gasteiger partial charge >= 0.3 is 18.0 Å². The average molecular weight is 1010 g/mol. The van der Waals surface area contributed by atoms with Crippen LogP contribution in [0.25, 0.3) is 10.9 Å². The topological polar surface area (TPSA) is 283 Å². The van der Waals surface area contributed by atoms with Crippen molar-refractivity contribution in [2.24, 2.45) is 18.4 Å². The number of likely N-dealkylation sites (N-methyl/N-ethyl adjacent to an activating group) is 2. The predicted octanol–water partition coefficient (Wildman–Crippen LogP) is 3.39. The normalized spacial score (nSPS) is 15.3. The van der Waals surface area contributed by atoms with E-state index in [4.69, 9.17) is 4.74 Å². The SMILES string of the molecule is C/C(=C\C(C(C)C)N(C)C(=O)C(NC(=O)C(N(C)C(=O)OC(C)(C)C)C(C)(C)c1cn(C)c2ccccc12)C(C)(C)C)C(=O)NC(CCC(=O)NC(CCC(=O)NCCN1C(=O)C=CC1=O)C(=O)O)C(=O)O. The van der Waals surface area contributed by atoms with Crippen LogP contribution in [-0.4, -0.2) is 152 Å². The van der Waals surface area contributed by atoms with Crippen molar-refractivity contribution in [1.29, 1.82) is 0 Å². The maximum Gasteiger partial charge on any atom is 0.410 e. The first-order valence-corrected chi connectivity index (χ1v) is 23.8. The van der Waals surface area contributed by atoms with Gasteiger partial charge in [0.2, 0.25) is 29.5 Å². The van der Waals surface area contributed by atoms with E-state index in [9.17, 15) is 58.2 Å². The number of carboxylic acid groups (broad SMARTS) is 2. The molecular formula is C51H74N8O13. The molecule has 1 aromatic heterocycles. The van der Waals surface area contributed by atoms with Crippen molar-refractivity contribution >= 4 is 70.3 Å². The van der Waals surface area contributed by atoms with Crippen LogP contribution >= 0.6 is 0 Å². The molecular weight excluding hydrogens is 933 g/mol. The number of aromatic nitrogens is 1. The second kappa shape index (κ2) is 24.4. The third kappa shape index (κ3) is 15.7. The molecule has 0 saturated heterocycles. The van der Waals surface area contributed by atoms with Gasteiger partial charge in [-0.05, 0) is 63.5 Å². The number of nitrogens with one attached hydrogen (secondary N) is 4. The largest absolute Gasteiger partial charge is 0.480 e. The summed E-state index contributed by atoms with van der Waals surface area (Å²) in [6.07, 6.45) is 3.26. The highest BCUT2D eigenvalue weighted by Crippen LogP contribution is 2.37. The number of aliphatic carboxylic acids is 2. The van der Waals surface area contributed by atoms with Crippen molar-refractivity contribution in [1.82, 2.24) is 40.5 Å². The molecule has 0 bridgehead atoms. The Bertz CT molecular complexity index is 2440. The van der Waals surface area contributed by atoms with E-state index in [2.05, 4.69) is 21.3 Å². The highest BCUT2D eigenvalue weighted by atomic mass is 16.6. The van der Waals surface area contributed by atoms with Crippen LogP contribution in [0.15, 0.2) is 54.3 Å². The van der Waals surface area contributed by atoms with Gasteiger partial charge in [-0.2, -0.15) is 0 Å². The number of carbonyl (C=O) groups excluding carboxylic acids is 8. The fourth-order valence-corrected chi connectivity index (χ4v) is 8.38. The van der Waals surface area contributed by atoms with Gasteiger partial charge in [0.25, 0.3) is 11.8 Å². The fraction of sp³-hybridized carbons (Fsp3) is 0.569. The lowest BCUT2D eigenvalue weighted by Gasteiger charge is -2.42. The Balaban J connectivity index is 1.77. The van der Waals surface area contributed by atoms with Gasteiger partial charge in [-0.1, -0.05) is 72.7 Å². The summed E-state index contributed by atoms with van der Waals surface area (Å²) in [7, 11) is 4.90. The zero-order valence-electron chi connectivity index (χ0n) is 44.0. The van der Waals surface area contributed by atoms with E-state index in [1.807, 2.05) is 69.8 Å². The van der Waals surface area contributed by atoms with Gasteiger partial charge in [-0.3, -0.25) is 43.4 Å². The number of carbonyl (C=O) groups is 10. The van der Waals surface area contributed by atoms with Gasteiger partial charge < -0.3 is 45.7 Å². The fourth-order valence-electron chi connectivity index (χ4n) is 8.38. The van der Waals surface area contributed by atoms with Gasteiger partial charge in [-0.25, -0.2) is 14.4 Å². The number of hydrogen-bond acceptors (Lipinski definition) is 11. The van der Waals surface area contributed by atoms with Crippen LogP contribution in [0.4, 0.5) is 4.79 Å². The molecule has 3 rings (SSSR count). The van der Waals surface area contributed by atoms with Gasteiger partial charge in [0.15, 0.2) is 0 Å². The highest BCUT2D eigenvalue weighted by Gasteiger charge is 2.47. The standard InChI is InChI=1S/C51H74N8O13/c1-29(2)36(27-30(3)43(64)54-34(47(69)70)20-22-38(61)53-33(46(67)68)19-21-37(60)52-25-26-59-39(62)23-24-40(59)63)57(13)45(66)41(49(4,5)6)55-44(65)42(58(14)48(71)72-50(7,8)9)51(10,11)32-28-56(12)35-18-16-15-17-31(32)35/h15-18,23-24,27-29,33-34,36,41-42H,19-22,25-26H2,1-14H3,(H,52,60)(H,53,61)(H,54,64)(H,55,65)(H,67,68)(H,69,70)/b30-27+. The first-order valence-electron chi connectivity index (χ1n) is 23.8. The van der Waals surface area contributed by atoms with E-state index in [1.165, 1.54) is 36.9 Å². The molecule has 0 aliphatic carbocycles. The van der Waals surface area contributed by atoms with E-state index >= 15 is 0 Å². The molecule has 5 unspecified atom stereocenters. The minimum atomic E-state index is -1.59. The van der Waals surface area contributed by atoms with Crippen molar-refractivity contribution in [2.45, 2.75) is 143 Å². The lowest BCUT2D eigenvalue weighted by molar-refractivity contribution is -0.143. The minimum absolute atomic E-state index is 0.0378. The van der Waals surface area contributed by atoms with Gasteiger partial charge in [0.1, 0.15) is 29.8 Å². The molecule has 1 aliphatic rings. The minimum Gasteiger partial charge on any atom is -0.480 e. The lowest BCUT2D eigenvalue weighted by atomic mass is 9.76. The van der Waals surface area contributed by atoms with Crippen LogP contribution in [-0.2, 0) is 60.4 Å². The smallest absolute Gasteiger partial charge is 0.410 e. The number of nitrogens with zero attached hydrogens (tertiary/aromatic N) is 4. The quantitative estimate of drug-likeness (QED) is 0.0689. The molecule has 6 N–H and O–H groups in total. The molecule has 2 aromatic rings. The maximum absolute atomic E-state index is 14.9. The summed E-state index contributed by atoms with van der Waals surface area (Å²) in [5, 5.41) is 30.7. The molecule has 21 heteroatoms. The first-order chi connectivity index (χ1) is 33.2. The van der Waals surface area contributed by atoms with Crippen molar-refractivity contribution in [2.75, 3.05) is 27.2 Å². The molecule has 8 amide bonds. The van der Waals surface area contributed by atoms with E-state index in [1.54, 1.807) is 41.5 Å². The number of imide groups is 1. The number of rotatable bonds is 23. The summed E-state index contributed by atoms with van der Waals surface area (Å²) < 4.78 is 7.68. The first kappa shape index (κ1) is 59.2. The van der Waals surface area contributed by atoms with Crippen LogP contribution in [0.3, 0.4) is 0 Å². The molecule has 1 aliphatic heterocycles. The van der Waals surface area contributed by atoms with Crippen molar-refractivity contribution in [3.8, 4) is 0 Å². The van der Waals surface area contributed by atoms with Crippen LogP contribution in [0.2, 0.25) is 0 Å². The maximum atomic E-state index is 14.9. The molecule has 0 fully saturated rings. The van der Waals surface area contributed by atoms with Crippen LogP contribution < -0.4 is 21.3 Å². The van der Waals surface area contributed by atoms with Crippen molar-refractivity contribution in [3.63, 3.8) is 0 Å². The summed E-state index contributed by atoms with van der Waals surface area (Å²) >= 11 is 0. The number of ether oxygens (including phenoxy) is 1. The Morgan fingerprint density at radius 1 is 0.778 bits per heavy atom. The summed E-state index contributed by atoms with van der Waals surface area (Å²) in [6, 6.07) is 1.46. The van der Waals surface area contributed by atoms with Crippen LogP contribution in [0.1, 0.15) is 107 Å². The second-order valence-electron chi connectivity index (χ2n) is 21.1. The Kier molecular flexibility index (Phi) is 20.1. The molecule has 21 nitrogen and oxygen atoms in total. The number of carboxylic acids is 2. The molecule has 0 saturated carbocycles. The number of para-hydroxylation sites is 1. The Hall–Kier alpha value is -7.06.